The molecule has 220 valence electrons. The highest BCUT2D eigenvalue weighted by molar-refractivity contribution is 7.99. The molecule has 0 radical (unpaired) electrons. The molecule has 1 amide bonds. The van der Waals surface area contributed by atoms with Crippen molar-refractivity contribution in [1.29, 1.82) is 0 Å². The number of benzene rings is 3. The third kappa shape index (κ3) is 10.1. The molecule has 0 aliphatic rings. The summed E-state index contributed by atoms with van der Waals surface area (Å²) in [5.74, 6) is 1.38. The van der Waals surface area contributed by atoms with Crippen LogP contribution in [0.15, 0.2) is 60.7 Å². The molecule has 0 aliphatic carbocycles. The van der Waals surface area contributed by atoms with Crippen LogP contribution in [-0.4, -0.2) is 35.9 Å². The van der Waals surface area contributed by atoms with E-state index in [9.17, 15) is 14.0 Å². The van der Waals surface area contributed by atoms with E-state index in [1.807, 2.05) is 19.9 Å². The van der Waals surface area contributed by atoms with E-state index >= 15 is 0 Å². The molecule has 3 rings (SSSR count). The maximum absolute atomic E-state index is 13.3. The SMILES string of the molecule is CCOC(=O)Cc1ccc(OC)c(Oc2ccc(C(=O)NC(C)(C)Cc3ccc(F)cc3)cc2CSC(C)(C)C)c1. The van der Waals surface area contributed by atoms with Crippen molar-refractivity contribution in [2.75, 3.05) is 13.7 Å². The molecule has 0 heterocycles. The zero-order chi connectivity index (χ0) is 30.2. The van der Waals surface area contributed by atoms with Gasteiger partial charge in [-0.3, -0.25) is 9.59 Å². The van der Waals surface area contributed by atoms with E-state index in [0.29, 0.717) is 41.6 Å². The summed E-state index contributed by atoms with van der Waals surface area (Å²) in [6.07, 6.45) is 0.669. The van der Waals surface area contributed by atoms with E-state index in [4.69, 9.17) is 14.2 Å². The average Bonchev–Trinajstić information content (AvgIpc) is 2.89. The Hall–Kier alpha value is -3.52. The summed E-state index contributed by atoms with van der Waals surface area (Å²) in [4.78, 5) is 25.4. The Kier molecular flexibility index (Phi) is 10.8. The zero-order valence-electron chi connectivity index (χ0n) is 24.9. The number of carbonyl (C=O) groups is 2. The minimum Gasteiger partial charge on any atom is -0.493 e. The molecule has 6 nitrogen and oxygen atoms in total. The Bertz CT molecular complexity index is 1350. The lowest BCUT2D eigenvalue weighted by Gasteiger charge is -2.27. The molecule has 0 saturated carbocycles. The van der Waals surface area contributed by atoms with E-state index in [-0.39, 0.29) is 28.9 Å². The smallest absolute Gasteiger partial charge is 0.310 e. The number of methoxy groups -OCH3 is 1. The first kappa shape index (κ1) is 32.0. The molecule has 0 aromatic heterocycles. The molecule has 0 aliphatic heterocycles. The standard InChI is InChI=1S/C33H40FNO5S/c1-8-39-30(36)18-23-11-15-28(38-7)29(17-23)40-27-16-12-24(19-25(27)21-41-32(2,3)4)31(37)35-33(5,6)20-22-9-13-26(34)14-10-22/h9-17,19H,8,18,20-21H2,1-7H3,(H,35,37). The number of rotatable bonds is 12. The van der Waals surface area contributed by atoms with E-state index in [1.54, 1.807) is 68.3 Å². The van der Waals surface area contributed by atoms with Gasteiger partial charge >= 0.3 is 5.97 Å². The second-order valence-corrected chi connectivity index (χ2v) is 13.2. The van der Waals surface area contributed by atoms with Crippen LogP contribution in [0.3, 0.4) is 0 Å². The van der Waals surface area contributed by atoms with Gasteiger partial charge in [0.25, 0.3) is 5.91 Å². The number of nitrogens with one attached hydrogen (secondary N) is 1. The maximum Gasteiger partial charge on any atom is 0.310 e. The van der Waals surface area contributed by atoms with Gasteiger partial charge in [0.05, 0.1) is 20.1 Å². The molecule has 1 N–H and O–H groups in total. The van der Waals surface area contributed by atoms with Crippen molar-refractivity contribution in [1.82, 2.24) is 5.32 Å². The molecule has 41 heavy (non-hydrogen) atoms. The van der Waals surface area contributed by atoms with Crippen LogP contribution in [0, 0.1) is 5.82 Å². The molecule has 0 fully saturated rings. The second kappa shape index (κ2) is 13.9. The predicted octanol–water partition coefficient (Wildman–Crippen LogP) is 7.52. The molecule has 3 aromatic rings. The molecule has 0 spiro atoms. The molecule has 3 aromatic carbocycles. The van der Waals surface area contributed by atoms with Gasteiger partial charge in [0.2, 0.25) is 0 Å². The van der Waals surface area contributed by atoms with Gasteiger partial charge in [-0.25, -0.2) is 4.39 Å². The summed E-state index contributed by atoms with van der Waals surface area (Å²) in [5.41, 5.74) is 2.48. The van der Waals surface area contributed by atoms with Crippen LogP contribution in [0.4, 0.5) is 4.39 Å². The van der Waals surface area contributed by atoms with Crippen molar-refractivity contribution in [3.63, 3.8) is 0 Å². The van der Waals surface area contributed by atoms with E-state index in [1.165, 1.54) is 12.1 Å². The van der Waals surface area contributed by atoms with Gasteiger partial charge < -0.3 is 19.5 Å². The minimum absolute atomic E-state index is 0.00999. The number of amides is 1. The summed E-state index contributed by atoms with van der Waals surface area (Å²) in [7, 11) is 1.56. The number of hydrogen-bond acceptors (Lipinski definition) is 6. The first-order chi connectivity index (χ1) is 19.3. The zero-order valence-corrected chi connectivity index (χ0v) is 25.7. The maximum atomic E-state index is 13.3. The van der Waals surface area contributed by atoms with Gasteiger partial charge in [0.15, 0.2) is 11.5 Å². The second-order valence-electron chi connectivity index (χ2n) is 11.4. The summed E-state index contributed by atoms with van der Waals surface area (Å²) < 4.78 is 30.3. The third-order valence-electron chi connectivity index (χ3n) is 6.10. The first-order valence-corrected chi connectivity index (χ1v) is 14.6. The van der Waals surface area contributed by atoms with Crippen molar-refractivity contribution in [3.8, 4) is 17.2 Å². The van der Waals surface area contributed by atoms with Gasteiger partial charge in [-0.2, -0.15) is 11.8 Å². The van der Waals surface area contributed by atoms with Crippen LogP contribution in [-0.2, 0) is 28.1 Å². The molecule has 0 saturated heterocycles. The lowest BCUT2D eigenvalue weighted by Crippen LogP contribution is -2.45. The summed E-state index contributed by atoms with van der Waals surface area (Å²) in [5, 5.41) is 3.11. The summed E-state index contributed by atoms with van der Waals surface area (Å²) >= 11 is 1.74. The van der Waals surface area contributed by atoms with E-state index in [0.717, 1.165) is 16.7 Å². The van der Waals surface area contributed by atoms with E-state index < -0.39 is 5.54 Å². The molecule has 0 atom stereocenters. The third-order valence-corrected chi connectivity index (χ3v) is 7.42. The van der Waals surface area contributed by atoms with Gasteiger partial charge in [-0.05, 0) is 80.8 Å². The minimum atomic E-state index is -0.558. The van der Waals surface area contributed by atoms with Crippen LogP contribution >= 0.6 is 11.8 Å². The lowest BCUT2D eigenvalue weighted by molar-refractivity contribution is -0.142. The Morgan fingerprint density at radius 3 is 2.17 bits per heavy atom. The highest BCUT2D eigenvalue weighted by Crippen LogP contribution is 2.37. The Morgan fingerprint density at radius 2 is 1.54 bits per heavy atom. The van der Waals surface area contributed by atoms with Gasteiger partial charge in [-0.1, -0.05) is 39.0 Å². The molecule has 0 unspecified atom stereocenters. The fourth-order valence-corrected chi connectivity index (χ4v) is 4.99. The number of carbonyl (C=O) groups excluding carboxylic acids is 2. The van der Waals surface area contributed by atoms with Crippen LogP contribution in [0.5, 0.6) is 17.2 Å². The van der Waals surface area contributed by atoms with Crippen LogP contribution < -0.4 is 14.8 Å². The number of esters is 1. The normalized spacial score (nSPS) is 11.6. The lowest BCUT2D eigenvalue weighted by atomic mass is 9.94. The topological polar surface area (TPSA) is 73.9 Å². The molecule has 0 bridgehead atoms. The van der Waals surface area contributed by atoms with Gasteiger partial charge in [0.1, 0.15) is 11.6 Å². The first-order valence-electron chi connectivity index (χ1n) is 13.6. The largest absolute Gasteiger partial charge is 0.493 e. The van der Waals surface area contributed by atoms with Crippen molar-refractivity contribution in [2.24, 2.45) is 0 Å². The average molecular weight is 582 g/mol. The van der Waals surface area contributed by atoms with Crippen LogP contribution in [0.1, 0.15) is 68.6 Å². The Balaban J connectivity index is 1.87. The molecule has 8 heteroatoms. The fraction of sp³-hybridized carbons (Fsp3) is 0.394. The highest BCUT2D eigenvalue weighted by Gasteiger charge is 2.23. The van der Waals surface area contributed by atoms with Crippen molar-refractivity contribution < 1.29 is 28.2 Å². The van der Waals surface area contributed by atoms with Crippen molar-refractivity contribution in [2.45, 2.75) is 70.4 Å². The number of thioether (sulfide) groups is 1. The molecular weight excluding hydrogens is 541 g/mol. The van der Waals surface area contributed by atoms with Crippen LogP contribution in [0.2, 0.25) is 0 Å². The molecular formula is C33H40FNO5S. The summed E-state index contributed by atoms with van der Waals surface area (Å²) in [6.45, 7) is 12.4. The number of halogens is 1. The predicted molar refractivity (Wildman–Crippen MR) is 163 cm³/mol. The quantitative estimate of drug-likeness (QED) is 0.223. The van der Waals surface area contributed by atoms with Crippen molar-refractivity contribution in [3.05, 3.63) is 88.7 Å². The Morgan fingerprint density at radius 1 is 0.878 bits per heavy atom. The van der Waals surface area contributed by atoms with Gasteiger partial charge in [-0.15, -0.1) is 0 Å². The van der Waals surface area contributed by atoms with E-state index in [2.05, 4.69) is 26.1 Å². The number of ether oxygens (including phenoxy) is 3. The van der Waals surface area contributed by atoms with Crippen molar-refractivity contribution >= 4 is 23.6 Å². The number of hydrogen-bond donors (Lipinski definition) is 1. The Labute approximate surface area is 247 Å². The van der Waals surface area contributed by atoms with Gasteiger partial charge in [0, 0.05) is 27.2 Å². The fourth-order valence-electron chi connectivity index (χ4n) is 4.17. The monoisotopic (exact) mass is 581 g/mol. The summed E-state index contributed by atoms with van der Waals surface area (Å²) in [6, 6.07) is 17.0. The highest BCUT2D eigenvalue weighted by atomic mass is 32.2. The van der Waals surface area contributed by atoms with Crippen LogP contribution in [0.25, 0.3) is 0 Å².